The molecule has 0 amide bonds. The quantitative estimate of drug-likeness (QED) is 0.314. The molecule has 0 aliphatic heterocycles. The predicted molar refractivity (Wildman–Crippen MR) is 61.9 cm³/mol. The van der Waals surface area contributed by atoms with E-state index in [1.54, 1.807) is 0 Å². The normalized spacial score (nSPS) is 15.2. The molecular weight excluding hydrogens is 240 g/mol. The van der Waals surface area contributed by atoms with Gasteiger partial charge in [0.15, 0.2) is 17.7 Å². The molecule has 2 unspecified atom stereocenters. The molecule has 18 heavy (non-hydrogen) atoms. The van der Waals surface area contributed by atoms with Crippen LogP contribution in [-0.4, -0.2) is 47.3 Å². The summed E-state index contributed by atoms with van der Waals surface area (Å²) < 4.78 is 1.27. The van der Waals surface area contributed by atoms with E-state index in [9.17, 15) is 10.2 Å². The van der Waals surface area contributed by atoms with Crippen LogP contribution in [0, 0.1) is 0 Å². The maximum Gasteiger partial charge on any atom is 0.167 e. The van der Waals surface area contributed by atoms with E-state index in [0.717, 1.165) is 6.21 Å². The minimum absolute atomic E-state index is 0.0160. The molecule has 2 heterocycles. The third kappa shape index (κ3) is 2.08. The highest BCUT2D eigenvalue weighted by atomic mass is 16.4. The number of nitrogens with two attached hydrogens (primary N) is 1. The fourth-order valence-corrected chi connectivity index (χ4v) is 1.53. The van der Waals surface area contributed by atoms with Crippen LogP contribution in [0.2, 0.25) is 0 Å². The van der Waals surface area contributed by atoms with Crippen LogP contribution in [0.15, 0.2) is 17.8 Å². The minimum Gasteiger partial charge on any atom is -0.411 e. The summed E-state index contributed by atoms with van der Waals surface area (Å²) in [4.78, 5) is 11.7. The smallest absolute Gasteiger partial charge is 0.167 e. The van der Waals surface area contributed by atoms with Gasteiger partial charge in [-0.15, -0.1) is 5.16 Å². The van der Waals surface area contributed by atoms with Gasteiger partial charge in [-0.1, -0.05) is 0 Å². The number of aromatic nitrogens is 4. The Morgan fingerprint density at radius 2 is 2.17 bits per heavy atom. The van der Waals surface area contributed by atoms with Crippen molar-refractivity contribution < 1.29 is 15.4 Å². The Labute approximate surface area is 101 Å². The SMILES string of the molecule is Nc1ncnc2c1ncn2C(O)C(O)C/C=N\O. The van der Waals surface area contributed by atoms with Crippen molar-refractivity contribution in [2.24, 2.45) is 5.16 Å². The first-order valence-corrected chi connectivity index (χ1v) is 5.10. The lowest BCUT2D eigenvalue weighted by atomic mass is 10.2. The Kier molecular flexibility index (Phi) is 3.35. The summed E-state index contributed by atoms with van der Waals surface area (Å²) in [5.74, 6) is 0.192. The van der Waals surface area contributed by atoms with Crippen molar-refractivity contribution in [3.8, 4) is 0 Å². The first kappa shape index (κ1) is 12.2. The monoisotopic (exact) mass is 252 g/mol. The van der Waals surface area contributed by atoms with Gasteiger partial charge in [-0.3, -0.25) is 4.57 Å². The zero-order valence-electron chi connectivity index (χ0n) is 9.25. The number of rotatable bonds is 4. The molecule has 2 atom stereocenters. The van der Waals surface area contributed by atoms with E-state index in [-0.39, 0.29) is 12.2 Å². The van der Waals surface area contributed by atoms with Gasteiger partial charge < -0.3 is 21.2 Å². The molecule has 0 aliphatic rings. The fourth-order valence-electron chi connectivity index (χ4n) is 1.53. The van der Waals surface area contributed by atoms with E-state index in [0.29, 0.717) is 11.2 Å². The van der Waals surface area contributed by atoms with Crippen molar-refractivity contribution in [1.29, 1.82) is 0 Å². The second-order valence-corrected chi connectivity index (χ2v) is 3.60. The number of aliphatic hydroxyl groups is 2. The number of hydrogen-bond acceptors (Lipinski definition) is 8. The molecule has 5 N–H and O–H groups in total. The van der Waals surface area contributed by atoms with Crippen LogP contribution in [-0.2, 0) is 0 Å². The van der Waals surface area contributed by atoms with Crippen molar-refractivity contribution in [2.75, 3.05) is 5.73 Å². The zero-order chi connectivity index (χ0) is 13.1. The molecule has 96 valence electrons. The average Bonchev–Trinajstić information content (AvgIpc) is 2.80. The molecule has 9 heteroatoms. The van der Waals surface area contributed by atoms with E-state index < -0.39 is 12.3 Å². The third-order valence-corrected chi connectivity index (χ3v) is 2.44. The number of nitrogen functional groups attached to an aromatic ring is 1. The maximum absolute atomic E-state index is 9.92. The average molecular weight is 252 g/mol. The lowest BCUT2D eigenvalue weighted by molar-refractivity contribution is -0.0215. The van der Waals surface area contributed by atoms with E-state index in [1.165, 1.54) is 17.2 Å². The number of nitrogens with zero attached hydrogens (tertiary/aromatic N) is 5. The minimum atomic E-state index is -1.28. The second-order valence-electron chi connectivity index (χ2n) is 3.60. The Balaban J connectivity index is 2.33. The predicted octanol–water partition coefficient (Wildman–Crippen LogP) is -0.890. The number of oxime groups is 1. The van der Waals surface area contributed by atoms with Crippen LogP contribution in [0.25, 0.3) is 11.2 Å². The van der Waals surface area contributed by atoms with Gasteiger partial charge in [-0.2, -0.15) is 0 Å². The standard InChI is InChI=1S/C9H12N6O3/c10-7-6-8(12-3-11-7)15(4-13-6)9(17)5(16)1-2-14-18/h2-5,9,16-18H,1H2,(H2,10,11,12)/b14-2-. The number of fused-ring (bicyclic) bond motifs is 1. The van der Waals surface area contributed by atoms with Crippen molar-refractivity contribution in [1.82, 2.24) is 19.5 Å². The Bertz CT molecular complexity index is 568. The highest BCUT2D eigenvalue weighted by Gasteiger charge is 2.20. The molecule has 2 aromatic rings. The van der Waals surface area contributed by atoms with Crippen LogP contribution in [0.4, 0.5) is 5.82 Å². The van der Waals surface area contributed by atoms with Crippen molar-refractivity contribution >= 4 is 23.2 Å². The Hall–Kier alpha value is -2.26. The van der Waals surface area contributed by atoms with Gasteiger partial charge in [0.2, 0.25) is 0 Å². The molecule has 0 aliphatic carbocycles. The first-order chi connectivity index (χ1) is 8.65. The van der Waals surface area contributed by atoms with E-state index in [2.05, 4.69) is 20.1 Å². The number of imidazole rings is 1. The molecule has 9 nitrogen and oxygen atoms in total. The van der Waals surface area contributed by atoms with Crippen molar-refractivity contribution in [3.05, 3.63) is 12.7 Å². The summed E-state index contributed by atoms with van der Waals surface area (Å²) in [6.07, 6.45) is 1.18. The third-order valence-electron chi connectivity index (χ3n) is 2.44. The Morgan fingerprint density at radius 1 is 1.39 bits per heavy atom. The van der Waals surface area contributed by atoms with Gasteiger partial charge in [0.05, 0.1) is 6.33 Å². The molecule has 0 aromatic carbocycles. The van der Waals surface area contributed by atoms with Gasteiger partial charge in [0, 0.05) is 12.6 Å². The fraction of sp³-hybridized carbons (Fsp3) is 0.333. The molecule has 0 fully saturated rings. The van der Waals surface area contributed by atoms with Gasteiger partial charge in [-0.05, 0) is 0 Å². The van der Waals surface area contributed by atoms with Crippen LogP contribution in [0.1, 0.15) is 12.6 Å². The first-order valence-electron chi connectivity index (χ1n) is 5.10. The van der Waals surface area contributed by atoms with E-state index in [1.807, 2.05) is 0 Å². The lowest BCUT2D eigenvalue weighted by Gasteiger charge is -2.17. The Morgan fingerprint density at radius 3 is 2.89 bits per heavy atom. The maximum atomic E-state index is 9.92. The summed E-state index contributed by atoms with van der Waals surface area (Å²) in [5, 5.41) is 30.6. The highest BCUT2D eigenvalue weighted by molar-refractivity contribution is 5.81. The summed E-state index contributed by atoms with van der Waals surface area (Å²) in [7, 11) is 0. The lowest BCUT2D eigenvalue weighted by Crippen LogP contribution is -2.24. The molecule has 0 spiro atoms. The van der Waals surface area contributed by atoms with Gasteiger partial charge in [0.1, 0.15) is 17.9 Å². The summed E-state index contributed by atoms with van der Waals surface area (Å²) >= 11 is 0. The van der Waals surface area contributed by atoms with Crippen LogP contribution < -0.4 is 5.73 Å². The van der Waals surface area contributed by atoms with Crippen LogP contribution >= 0.6 is 0 Å². The zero-order valence-corrected chi connectivity index (χ0v) is 9.25. The van der Waals surface area contributed by atoms with Crippen LogP contribution in [0.5, 0.6) is 0 Å². The number of aliphatic hydroxyl groups excluding tert-OH is 2. The molecule has 2 aromatic heterocycles. The number of hydrogen-bond donors (Lipinski definition) is 4. The second kappa shape index (κ2) is 4.94. The molecule has 0 saturated heterocycles. The summed E-state index contributed by atoms with van der Waals surface area (Å²) in [5.41, 5.74) is 6.26. The van der Waals surface area contributed by atoms with Gasteiger partial charge >= 0.3 is 0 Å². The van der Waals surface area contributed by atoms with Crippen molar-refractivity contribution in [2.45, 2.75) is 18.8 Å². The van der Waals surface area contributed by atoms with E-state index >= 15 is 0 Å². The summed E-state index contributed by atoms with van der Waals surface area (Å²) in [6.45, 7) is 0. The molecule has 0 saturated carbocycles. The molecule has 0 radical (unpaired) electrons. The molecular formula is C9H12N6O3. The van der Waals surface area contributed by atoms with Crippen molar-refractivity contribution in [3.63, 3.8) is 0 Å². The van der Waals surface area contributed by atoms with Gasteiger partial charge in [-0.25, -0.2) is 15.0 Å². The largest absolute Gasteiger partial charge is 0.411 e. The molecule has 0 bridgehead atoms. The molecule has 2 rings (SSSR count). The topological polar surface area (TPSA) is 143 Å². The number of anilines is 1. The van der Waals surface area contributed by atoms with Crippen LogP contribution in [0.3, 0.4) is 0 Å². The van der Waals surface area contributed by atoms with E-state index in [4.69, 9.17) is 10.9 Å². The highest BCUT2D eigenvalue weighted by Crippen LogP contribution is 2.19. The summed E-state index contributed by atoms with van der Waals surface area (Å²) in [6, 6.07) is 0. The van der Waals surface area contributed by atoms with Gasteiger partial charge in [0.25, 0.3) is 0 Å².